The molecule has 2 aromatic rings. The summed E-state index contributed by atoms with van der Waals surface area (Å²) in [5.74, 6) is 0.402. The number of nitrogens with two attached hydrogens (primary N) is 1. The molecular weight excluding hydrogens is 200 g/mol. The van der Waals surface area contributed by atoms with Crippen LogP contribution in [-0.2, 0) is 0 Å². The lowest BCUT2D eigenvalue weighted by Gasteiger charge is -2.03. The molecule has 0 aliphatic rings. The highest BCUT2D eigenvalue weighted by atomic mass is 35.5. The number of nitrogen functional groups attached to an aromatic ring is 1. The summed E-state index contributed by atoms with van der Waals surface area (Å²) in [4.78, 5) is 1.49. The molecule has 1 aromatic heterocycles. The van der Waals surface area contributed by atoms with E-state index in [2.05, 4.69) is 10.2 Å². The first-order valence-corrected chi connectivity index (χ1v) is 4.49. The van der Waals surface area contributed by atoms with E-state index < -0.39 is 0 Å². The van der Waals surface area contributed by atoms with E-state index in [1.807, 2.05) is 19.1 Å². The van der Waals surface area contributed by atoms with Gasteiger partial charge in [0.15, 0.2) is 5.82 Å². The summed E-state index contributed by atoms with van der Waals surface area (Å²) in [6.07, 6.45) is 1.51. The van der Waals surface area contributed by atoms with Gasteiger partial charge in [0.1, 0.15) is 0 Å². The van der Waals surface area contributed by atoms with E-state index >= 15 is 0 Å². The van der Waals surface area contributed by atoms with Crippen LogP contribution < -0.4 is 5.73 Å². The van der Waals surface area contributed by atoms with Gasteiger partial charge in [-0.05, 0) is 30.7 Å². The summed E-state index contributed by atoms with van der Waals surface area (Å²) in [7, 11) is 0. The van der Waals surface area contributed by atoms with Crippen LogP contribution in [0.4, 0.5) is 5.82 Å². The van der Waals surface area contributed by atoms with Crippen molar-refractivity contribution in [3.8, 4) is 5.69 Å². The highest BCUT2D eigenvalue weighted by Crippen LogP contribution is 2.17. The maximum absolute atomic E-state index is 5.83. The number of rotatable bonds is 1. The first-order chi connectivity index (χ1) is 6.66. The minimum Gasteiger partial charge on any atom is -0.381 e. The molecule has 2 rings (SSSR count). The van der Waals surface area contributed by atoms with Gasteiger partial charge < -0.3 is 5.73 Å². The summed E-state index contributed by atoms with van der Waals surface area (Å²) in [6, 6.07) is 5.51. The predicted octanol–water partition coefficient (Wildman–Crippen LogP) is 1.81. The van der Waals surface area contributed by atoms with Gasteiger partial charge in [-0.2, -0.15) is 5.10 Å². The Morgan fingerprint density at radius 3 is 2.79 bits per heavy atom. The Morgan fingerprint density at radius 2 is 2.21 bits per heavy atom. The molecule has 0 unspecified atom stereocenters. The van der Waals surface area contributed by atoms with Gasteiger partial charge in [0.2, 0.25) is 0 Å². The van der Waals surface area contributed by atoms with Crippen LogP contribution in [-0.4, -0.2) is 15.0 Å². The van der Waals surface area contributed by atoms with Gasteiger partial charge in [-0.3, -0.25) is 0 Å². The number of halogens is 1. The zero-order valence-electron chi connectivity index (χ0n) is 7.61. The maximum Gasteiger partial charge on any atom is 0.166 e. The minimum atomic E-state index is 0.402. The molecule has 1 aromatic carbocycles. The van der Waals surface area contributed by atoms with Crippen LogP contribution in [0, 0.1) is 6.92 Å². The molecule has 0 amide bonds. The van der Waals surface area contributed by atoms with Crippen LogP contribution in [0.1, 0.15) is 5.56 Å². The van der Waals surface area contributed by atoms with E-state index in [0.717, 1.165) is 11.3 Å². The third-order valence-corrected chi connectivity index (χ3v) is 2.12. The molecule has 2 N–H and O–H groups in total. The van der Waals surface area contributed by atoms with Crippen molar-refractivity contribution in [1.29, 1.82) is 0 Å². The molecule has 1 heterocycles. The Morgan fingerprint density at radius 1 is 1.43 bits per heavy atom. The first-order valence-electron chi connectivity index (χ1n) is 4.11. The Balaban J connectivity index is 2.52. The number of nitrogens with zero attached hydrogens (tertiary/aromatic N) is 3. The number of hydrogen-bond donors (Lipinski definition) is 1. The molecule has 0 radical (unpaired) electrons. The zero-order chi connectivity index (χ0) is 10.1. The highest BCUT2D eigenvalue weighted by Gasteiger charge is 2.03. The monoisotopic (exact) mass is 208 g/mol. The van der Waals surface area contributed by atoms with E-state index in [1.165, 1.54) is 11.0 Å². The molecule has 0 spiro atoms. The molecule has 72 valence electrons. The predicted molar refractivity (Wildman–Crippen MR) is 55.5 cm³/mol. The topological polar surface area (TPSA) is 56.7 Å². The van der Waals surface area contributed by atoms with Crippen molar-refractivity contribution in [3.63, 3.8) is 0 Å². The van der Waals surface area contributed by atoms with Crippen LogP contribution >= 0.6 is 11.6 Å². The van der Waals surface area contributed by atoms with Crippen LogP contribution in [0.15, 0.2) is 24.4 Å². The molecule has 0 fully saturated rings. The number of aryl methyl sites for hydroxylation is 1. The second-order valence-corrected chi connectivity index (χ2v) is 3.43. The largest absolute Gasteiger partial charge is 0.381 e. The molecule has 4 nitrogen and oxygen atoms in total. The lowest BCUT2D eigenvalue weighted by molar-refractivity contribution is 0.749. The summed E-state index contributed by atoms with van der Waals surface area (Å²) in [5.41, 5.74) is 7.36. The van der Waals surface area contributed by atoms with Crippen LogP contribution in [0.5, 0.6) is 0 Å². The third kappa shape index (κ3) is 1.56. The van der Waals surface area contributed by atoms with Crippen molar-refractivity contribution in [1.82, 2.24) is 15.0 Å². The van der Waals surface area contributed by atoms with Gasteiger partial charge in [-0.25, -0.2) is 0 Å². The Labute approximate surface area is 86.3 Å². The lowest BCUT2D eigenvalue weighted by Crippen LogP contribution is -2.01. The van der Waals surface area contributed by atoms with E-state index in [4.69, 9.17) is 17.3 Å². The normalized spacial score (nSPS) is 10.4. The van der Waals surface area contributed by atoms with Crippen LogP contribution in [0.2, 0.25) is 5.02 Å². The van der Waals surface area contributed by atoms with E-state index in [1.54, 1.807) is 6.07 Å². The lowest BCUT2D eigenvalue weighted by atomic mass is 10.2. The number of aromatic nitrogens is 3. The second-order valence-electron chi connectivity index (χ2n) is 2.99. The highest BCUT2D eigenvalue weighted by molar-refractivity contribution is 6.30. The van der Waals surface area contributed by atoms with E-state index in [0.29, 0.717) is 10.8 Å². The van der Waals surface area contributed by atoms with Crippen LogP contribution in [0.3, 0.4) is 0 Å². The van der Waals surface area contributed by atoms with Gasteiger partial charge in [0, 0.05) is 5.02 Å². The molecule has 14 heavy (non-hydrogen) atoms. The summed E-state index contributed by atoms with van der Waals surface area (Å²) in [6.45, 7) is 1.95. The molecule has 0 atom stereocenters. The Bertz CT molecular complexity index is 464. The van der Waals surface area contributed by atoms with E-state index in [9.17, 15) is 0 Å². The number of benzene rings is 1. The fourth-order valence-electron chi connectivity index (χ4n) is 1.23. The van der Waals surface area contributed by atoms with Gasteiger partial charge in [-0.1, -0.05) is 11.6 Å². The van der Waals surface area contributed by atoms with Gasteiger partial charge in [-0.15, -0.1) is 9.90 Å². The molecule has 0 saturated carbocycles. The Kier molecular flexibility index (Phi) is 2.13. The standard InChI is InChI=1S/C9H9ClN4/c1-6-4-7(10)2-3-8(6)14-12-5-9(11)13-14/h2-5H,1H3,(H2,11,13). The summed E-state index contributed by atoms with van der Waals surface area (Å²) < 4.78 is 0. The van der Waals surface area contributed by atoms with Crippen molar-refractivity contribution in [2.75, 3.05) is 5.73 Å². The van der Waals surface area contributed by atoms with Crippen molar-refractivity contribution < 1.29 is 0 Å². The molecule has 0 saturated heterocycles. The van der Waals surface area contributed by atoms with Crippen LogP contribution in [0.25, 0.3) is 5.69 Å². The smallest absolute Gasteiger partial charge is 0.166 e. The molecule has 0 bridgehead atoms. The van der Waals surface area contributed by atoms with Crippen molar-refractivity contribution in [2.24, 2.45) is 0 Å². The average Bonchev–Trinajstić information content (AvgIpc) is 2.51. The number of hydrogen-bond acceptors (Lipinski definition) is 3. The zero-order valence-corrected chi connectivity index (χ0v) is 8.36. The fraction of sp³-hybridized carbons (Fsp3) is 0.111. The van der Waals surface area contributed by atoms with Crippen molar-refractivity contribution >= 4 is 17.4 Å². The minimum absolute atomic E-state index is 0.402. The SMILES string of the molecule is Cc1cc(Cl)ccc1-n1ncc(N)n1. The molecule has 0 aliphatic heterocycles. The molecule has 0 aliphatic carbocycles. The molecular formula is C9H9ClN4. The Hall–Kier alpha value is -1.55. The fourth-order valence-corrected chi connectivity index (χ4v) is 1.46. The summed E-state index contributed by atoms with van der Waals surface area (Å²) in [5, 5.41) is 8.73. The van der Waals surface area contributed by atoms with Crippen molar-refractivity contribution in [3.05, 3.63) is 35.0 Å². The quantitative estimate of drug-likeness (QED) is 0.778. The second kappa shape index (κ2) is 3.31. The summed E-state index contributed by atoms with van der Waals surface area (Å²) >= 11 is 5.83. The third-order valence-electron chi connectivity index (χ3n) is 1.88. The van der Waals surface area contributed by atoms with Gasteiger partial charge in [0.25, 0.3) is 0 Å². The number of anilines is 1. The van der Waals surface area contributed by atoms with Gasteiger partial charge >= 0.3 is 0 Å². The van der Waals surface area contributed by atoms with Gasteiger partial charge in [0.05, 0.1) is 11.9 Å². The van der Waals surface area contributed by atoms with E-state index in [-0.39, 0.29) is 0 Å². The first kappa shape index (κ1) is 9.02. The molecule has 5 heteroatoms. The van der Waals surface area contributed by atoms with Crippen molar-refractivity contribution in [2.45, 2.75) is 6.92 Å². The maximum atomic E-state index is 5.83. The average molecular weight is 209 g/mol.